The number of hydrogen-bond donors (Lipinski definition) is 1. The standard InChI is InChI=1S/C19H24N4O2/c1-25-14-16-5-3-9-23(13-16)19(24)17-6-7-18(22-12-17)21-11-15-4-2-8-20-10-15/h2,4,6-8,10,12,16H,3,5,9,11,13-14H2,1H3,(H,21,22)/t16-/m1/s1. The van der Waals surface area contributed by atoms with Crippen LogP contribution in [0.3, 0.4) is 0 Å². The second-order valence-corrected chi connectivity index (χ2v) is 6.36. The number of rotatable bonds is 6. The minimum atomic E-state index is 0.0483. The molecule has 2 aromatic rings. The Morgan fingerprint density at radius 2 is 2.28 bits per heavy atom. The van der Waals surface area contributed by atoms with E-state index in [1.165, 1.54) is 0 Å². The third kappa shape index (κ3) is 4.76. The quantitative estimate of drug-likeness (QED) is 0.875. The summed E-state index contributed by atoms with van der Waals surface area (Å²) in [5.74, 6) is 1.22. The summed E-state index contributed by atoms with van der Waals surface area (Å²) in [6.07, 6.45) is 7.36. The van der Waals surface area contributed by atoms with Crippen molar-refractivity contribution in [1.82, 2.24) is 14.9 Å². The third-order valence-electron chi connectivity index (χ3n) is 4.42. The summed E-state index contributed by atoms with van der Waals surface area (Å²) in [6, 6.07) is 7.59. The average molecular weight is 340 g/mol. The Hall–Kier alpha value is -2.47. The number of ether oxygens (including phenoxy) is 1. The number of methoxy groups -OCH3 is 1. The number of piperidine rings is 1. The molecule has 132 valence electrons. The molecule has 6 heteroatoms. The van der Waals surface area contributed by atoms with Gasteiger partial charge in [-0.15, -0.1) is 0 Å². The Bertz CT molecular complexity index is 674. The van der Waals surface area contributed by atoms with Crippen LogP contribution in [0.5, 0.6) is 0 Å². The maximum atomic E-state index is 12.7. The summed E-state index contributed by atoms with van der Waals surface area (Å²) in [5.41, 5.74) is 1.71. The second-order valence-electron chi connectivity index (χ2n) is 6.36. The molecule has 0 spiro atoms. The molecule has 1 saturated heterocycles. The molecule has 1 N–H and O–H groups in total. The van der Waals surface area contributed by atoms with Gasteiger partial charge in [0.15, 0.2) is 0 Å². The second kappa shape index (κ2) is 8.58. The van der Waals surface area contributed by atoms with Crippen molar-refractivity contribution in [3.8, 4) is 0 Å². The first kappa shape index (κ1) is 17.4. The lowest BCUT2D eigenvalue weighted by atomic mass is 9.98. The summed E-state index contributed by atoms with van der Waals surface area (Å²) in [6.45, 7) is 2.92. The molecule has 0 bridgehead atoms. The molecular weight excluding hydrogens is 316 g/mol. The van der Waals surface area contributed by atoms with E-state index in [1.807, 2.05) is 35.4 Å². The molecule has 0 aromatic carbocycles. The average Bonchev–Trinajstić information content (AvgIpc) is 2.67. The molecule has 1 atom stereocenters. The minimum absolute atomic E-state index is 0.0483. The van der Waals surface area contributed by atoms with Gasteiger partial charge in [-0.05, 0) is 42.5 Å². The topological polar surface area (TPSA) is 67.3 Å². The molecule has 0 aliphatic carbocycles. The van der Waals surface area contributed by atoms with Gasteiger partial charge in [0.2, 0.25) is 0 Å². The van der Waals surface area contributed by atoms with Gasteiger partial charge in [-0.2, -0.15) is 0 Å². The third-order valence-corrected chi connectivity index (χ3v) is 4.42. The number of hydrogen-bond acceptors (Lipinski definition) is 5. The van der Waals surface area contributed by atoms with Crippen LogP contribution in [0.4, 0.5) is 5.82 Å². The summed E-state index contributed by atoms with van der Waals surface area (Å²) < 4.78 is 5.23. The molecule has 2 aromatic heterocycles. The molecule has 25 heavy (non-hydrogen) atoms. The van der Waals surface area contributed by atoms with Crippen LogP contribution in [0.15, 0.2) is 42.9 Å². The van der Waals surface area contributed by atoms with E-state index in [-0.39, 0.29) is 5.91 Å². The normalized spacial score (nSPS) is 17.3. The van der Waals surface area contributed by atoms with Gasteiger partial charge in [-0.3, -0.25) is 9.78 Å². The van der Waals surface area contributed by atoms with Gasteiger partial charge in [-0.25, -0.2) is 4.98 Å². The number of nitrogens with zero attached hydrogens (tertiary/aromatic N) is 3. The predicted octanol–water partition coefficient (Wildman–Crippen LogP) is 2.59. The molecule has 1 aliphatic heterocycles. The van der Waals surface area contributed by atoms with Crippen LogP contribution in [0.2, 0.25) is 0 Å². The van der Waals surface area contributed by atoms with E-state index in [4.69, 9.17) is 4.74 Å². The number of nitrogens with one attached hydrogen (secondary N) is 1. The highest BCUT2D eigenvalue weighted by molar-refractivity contribution is 5.94. The van der Waals surface area contributed by atoms with Crippen LogP contribution in [0, 0.1) is 5.92 Å². The highest BCUT2D eigenvalue weighted by Gasteiger charge is 2.24. The number of carbonyl (C=O) groups is 1. The van der Waals surface area contributed by atoms with Crippen molar-refractivity contribution in [3.05, 3.63) is 54.0 Å². The number of likely N-dealkylation sites (tertiary alicyclic amines) is 1. The Kier molecular flexibility index (Phi) is 5.95. The monoisotopic (exact) mass is 340 g/mol. The van der Waals surface area contributed by atoms with Crippen molar-refractivity contribution in [2.24, 2.45) is 5.92 Å². The molecule has 0 unspecified atom stereocenters. The first-order valence-corrected chi connectivity index (χ1v) is 8.63. The smallest absolute Gasteiger partial charge is 0.255 e. The lowest BCUT2D eigenvalue weighted by Gasteiger charge is -2.32. The first-order chi connectivity index (χ1) is 12.3. The SMILES string of the molecule is COC[C@@H]1CCCN(C(=O)c2ccc(NCc3cccnc3)nc2)C1. The van der Waals surface area contributed by atoms with Crippen LogP contribution < -0.4 is 5.32 Å². The molecule has 1 fully saturated rings. The fourth-order valence-corrected chi connectivity index (χ4v) is 3.12. The lowest BCUT2D eigenvalue weighted by molar-refractivity contribution is 0.0570. The first-order valence-electron chi connectivity index (χ1n) is 8.63. The lowest BCUT2D eigenvalue weighted by Crippen LogP contribution is -2.41. The van der Waals surface area contributed by atoms with Crippen LogP contribution in [-0.2, 0) is 11.3 Å². The van der Waals surface area contributed by atoms with Gasteiger partial charge >= 0.3 is 0 Å². The van der Waals surface area contributed by atoms with Crippen molar-refractivity contribution in [3.63, 3.8) is 0 Å². The predicted molar refractivity (Wildman–Crippen MR) is 96.3 cm³/mol. The summed E-state index contributed by atoms with van der Waals surface area (Å²) >= 11 is 0. The van der Waals surface area contributed by atoms with Crippen molar-refractivity contribution < 1.29 is 9.53 Å². The highest BCUT2D eigenvalue weighted by atomic mass is 16.5. The summed E-state index contributed by atoms with van der Waals surface area (Å²) in [5, 5.41) is 3.24. The number of pyridine rings is 2. The van der Waals surface area contributed by atoms with E-state index in [1.54, 1.807) is 19.5 Å². The van der Waals surface area contributed by atoms with Crippen LogP contribution in [0.1, 0.15) is 28.8 Å². The van der Waals surface area contributed by atoms with E-state index in [9.17, 15) is 4.79 Å². The van der Waals surface area contributed by atoms with Crippen LogP contribution >= 0.6 is 0 Å². The van der Waals surface area contributed by atoms with Crippen LogP contribution in [0.25, 0.3) is 0 Å². The number of anilines is 1. The number of aromatic nitrogens is 2. The maximum Gasteiger partial charge on any atom is 0.255 e. The maximum absolute atomic E-state index is 12.7. The Morgan fingerprint density at radius 1 is 1.36 bits per heavy atom. The van der Waals surface area contributed by atoms with Crippen molar-refractivity contribution >= 4 is 11.7 Å². The molecule has 6 nitrogen and oxygen atoms in total. The van der Waals surface area contributed by atoms with Crippen molar-refractivity contribution in [2.45, 2.75) is 19.4 Å². The zero-order chi connectivity index (χ0) is 17.5. The largest absolute Gasteiger partial charge is 0.384 e. The van der Waals surface area contributed by atoms with E-state index in [0.29, 0.717) is 24.6 Å². The molecular formula is C19H24N4O2. The molecule has 0 saturated carbocycles. The van der Waals surface area contributed by atoms with E-state index in [0.717, 1.165) is 37.3 Å². The Balaban J connectivity index is 1.57. The van der Waals surface area contributed by atoms with E-state index in [2.05, 4.69) is 15.3 Å². The van der Waals surface area contributed by atoms with E-state index < -0.39 is 0 Å². The number of carbonyl (C=O) groups excluding carboxylic acids is 1. The van der Waals surface area contributed by atoms with Gasteiger partial charge in [-0.1, -0.05) is 6.07 Å². The Morgan fingerprint density at radius 3 is 3.00 bits per heavy atom. The molecule has 3 rings (SSSR count). The molecule has 0 radical (unpaired) electrons. The minimum Gasteiger partial charge on any atom is -0.384 e. The van der Waals surface area contributed by atoms with E-state index >= 15 is 0 Å². The van der Waals surface area contributed by atoms with Crippen molar-refractivity contribution in [1.29, 1.82) is 0 Å². The van der Waals surface area contributed by atoms with Crippen molar-refractivity contribution in [2.75, 3.05) is 32.1 Å². The summed E-state index contributed by atoms with van der Waals surface area (Å²) in [4.78, 5) is 23.0. The number of amides is 1. The highest BCUT2D eigenvalue weighted by Crippen LogP contribution is 2.19. The molecule has 3 heterocycles. The fourth-order valence-electron chi connectivity index (χ4n) is 3.12. The molecule has 1 amide bonds. The van der Waals surface area contributed by atoms with Gasteiger partial charge in [0, 0.05) is 45.3 Å². The zero-order valence-electron chi connectivity index (χ0n) is 14.5. The van der Waals surface area contributed by atoms with Gasteiger partial charge in [0.25, 0.3) is 5.91 Å². The van der Waals surface area contributed by atoms with Gasteiger partial charge in [0.1, 0.15) is 5.82 Å². The fraction of sp³-hybridized carbons (Fsp3) is 0.421. The van der Waals surface area contributed by atoms with Crippen LogP contribution in [-0.4, -0.2) is 47.6 Å². The molecule has 1 aliphatic rings. The summed E-state index contributed by atoms with van der Waals surface area (Å²) in [7, 11) is 1.71. The zero-order valence-corrected chi connectivity index (χ0v) is 14.5. The Labute approximate surface area is 148 Å². The van der Waals surface area contributed by atoms with Gasteiger partial charge in [0.05, 0.1) is 12.2 Å². The van der Waals surface area contributed by atoms with Gasteiger partial charge < -0.3 is 15.0 Å².